The Morgan fingerprint density at radius 3 is 2.93 bits per heavy atom. The molecule has 1 fully saturated rings. The van der Waals surface area contributed by atoms with Crippen LogP contribution in [0.1, 0.15) is 6.42 Å². The van der Waals surface area contributed by atoms with Crippen molar-refractivity contribution in [2.45, 2.75) is 18.6 Å². The molecule has 0 radical (unpaired) electrons. The third-order valence-electron chi connectivity index (χ3n) is 5.31. The summed E-state index contributed by atoms with van der Waals surface area (Å²) in [6.45, 7) is 0.900. The number of benzene rings is 1. The summed E-state index contributed by atoms with van der Waals surface area (Å²) in [6, 6.07) is 3.47. The van der Waals surface area contributed by atoms with Crippen LogP contribution in [-0.2, 0) is 7.05 Å². The lowest BCUT2D eigenvalue weighted by Gasteiger charge is -2.33. The fraction of sp³-hybridized carbons (Fsp3) is 0.316. The molecule has 0 aliphatic carbocycles. The lowest BCUT2D eigenvalue weighted by molar-refractivity contribution is 0.251. The quantitative estimate of drug-likeness (QED) is 0.503. The van der Waals surface area contributed by atoms with E-state index in [0.717, 1.165) is 27.5 Å². The van der Waals surface area contributed by atoms with Gasteiger partial charge in [-0.05, 0) is 12.5 Å². The van der Waals surface area contributed by atoms with Gasteiger partial charge in [0, 0.05) is 48.5 Å². The molecule has 1 aliphatic rings. The number of rotatable bonds is 2. The molecule has 0 spiro atoms. The molecule has 7 nitrogen and oxygen atoms in total. The maximum atomic E-state index is 14.0. The minimum absolute atomic E-state index is 0. The summed E-state index contributed by atoms with van der Waals surface area (Å²) < 4.78 is 15.7. The summed E-state index contributed by atoms with van der Waals surface area (Å²) in [7, 11) is 1.87. The Morgan fingerprint density at radius 2 is 2.14 bits per heavy atom. The third kappa shape index (κ3) is 3.31. The van der Waals surface area contributed by atoms with Gasteiger partial charge in [-0.3, -0.25) is 4.68 Å². The van der Waals surface area contributed by atoms with Gasteiger partial charge in [0.2, 0.25) is 0 Å². The summed E-state index contributed by atoms with van der Waals surface area (Å²) in [5.41, 5.74) is 9.70. The van der Waals surface area contributed by atoms with Crippen molar-refractivity contribution in [1.29, 1.82) is 0 Å². The van der Waals surface area contributed by atoms with Crippen molar-refractivity contribution in [2.24, 2.45) is 12.8 Å². The molecular formula is C19H20Cl2FN7. The van der Waals surface area contributed by atoms with E-state index in [1.165, 1.54) is 0 Å². The predicted molar refractivity (Wildman–Crippen MR) is 116 cm³/mol. The highest BCUT2D eigenvalue weighted by Gasteiger charge is 2.27. The number of fused-ring (bicyclic) bond motifs is 2. The Balaban J connectivity index is 0.00000205. The van der Waals surface area contributed by atoms with E-state index in [9.17, 15) is 4.39 Å². The first-order valence-corrected chi connectivity index (χ1v) is 9.50. The number of aromatic amines is 1. The Hall–Kier alpha value is -2.42. The van der Waals surface area contributed by atoms with Crippen LogP contribution in [0.3, 0.4) is 0 Å². The van der Waals surface area contributed by atoms with E-state index in [2.05, 4.69) is 20.1 Å². The fourth-order valence-corrected chi connectivity index (χ4v) is 4.07. The van der Waals surface area contributed by atoms with E-state index < -0.39 is 12.2 Å². The van der Waals surface area contributed by atoms with E-state index >= 15 is 0 Å². The average molecular weight is 436 g/mol. The van der Waals surface area contributed by atoms with Gasteiger partial charge < -0.3 is 15.6 Å². The molecule has 5 rings (SSSR count). The van der Waals surface area contributed by atoms with Crippen LogP contribution in [0.15, 0.2) is 30.7 Å². The third-order valence-corrected chi connectivity index (χ3v) is 5.72. The summed E-state index contributed by atoms with van der Waals surface area (Å²) in [5, 5.41) is 5.90. The minimum atomic E-state index is -1.06. The van der Waals surface area contributed by atoms with Gasteiger partial charge in [-0.25, -0.2) is 14.4 Å². The number of aromatic nitrogens is 5. The van der Waals surface area contributed by atoms with Crippen molar-refractivity contribution in [3.8, 4) is 11.1 Å². The molecule has 0 saturated carbocycles. The molecule has 2 atom stereocenters. The Labute approximate surface area is 177 Å². The zero-order chi connectivity index (χ0) is 19.4. The molecule has 1 aliphatic heterocycles. The Morgan fingerprint density at radius 1 is 1.31 bits per heavy atom. The molecule has 0 bridgehead atoms. The van der Waals surface area contributed by atoms with Crippen LogP contribution in [0.2, 0.25) is 5.02 Å². The van der Waals surface area contributed by atoms with Crippen molar-refractivity contribution < 1.29 is 4.39 Å². The van der Waals surface area contributed by atoms with Crippen LogP contribution < -0.4 is 10.6 Å². The molecule has 0 amide bonds. The maximum absolute atomic E-state index is 14.0. The molecule has 152 valence electrons. The van der Waals surface area contributed by atoms with Crippen LogP contribution in [-0.4, -0.2) is 50.0 Å². The SMILES string of the molecule is Cl.Cn1cc2c(Cl)c(-c3c[nH]c4nc(N5CC[C@@H](N)[C@H](F)C5)cnc34)ccc2n1. The number of anilines is 1. The number of H-pyrrole nitrogens is 1. The summed E-state index contributed by atoms with van der Waals surface area (Å²) >= 11 is 6.65. The number of nitrogens with zero attached hydrogens (tertiary/aromatic N) is 5. The monoisotopic (exact) mass is 435 g/mol. The number of aryl methyl sites for hydroxylation is 1. The molecule has 0 unspecified atom stereocenters. The van der Waals surface area contributed by atoms with Gasteiger partial charge in [-0.15, -0.1) is 12.4 Å². The van der Waals surface area contributed by atoms with Crippen molar-refractivity contribution >= 4 is 51.9 Å². The first-order valence-electron chi connectivity index (χ1n) is 9.12. The van der Waals surface area contributed by atoms with Gasteiger partial charge in [0.05, 0.1) is 23.3 Å². The highest BCUT2D eigenvalue weighted by Crippen LogP contribution is 2.37. The van der Waals surface area contributed by atoms with Crippen molar-refractivity contribution in [3.05, 3.63) is 35.7 Å². The molecule has 3 aromatic heterocycles. The van der Waals surface area contributed by atoms with Gasteiger partial charge >= 0.3 is 0 Å². The van der Waals surface area contributed by atoms with Crippen molar-refractivity contribution in [2.75, 3.05) is 18.0 Å². The fourth-order valence-electron chi connectivity index (χ4n) is 3.76. The maximum Gasteiger partial charge on any atom is 0.159 e. The second-order valence-corrected chi connectivity index (χ2v) is 7.58. The number of nitrogens with one attached hydrogen (secondary N) is 1. The molecule has 29 heavy (non-hydrogen) atoms. The van der Waals surface area contributed by atoms with E-state index in [-0.39, 0.29) is 19.0 Å². The van der Waals surface area contributed by atoms with Gasteiger partial charge in [0.25, 0.3) is 0 Å². The molecule has 1 aromatic carbocycles. The standard InChI is InChI=1S/C19H19ClFN7.ClH/c1-27-8-12-15(26-27)3-2-10(17(12)20)11-6-24-19-18(11)23-7-16(25-19)28-5-4-14(22)13(21)9-28;/h2-3,6-8,13-14H,4-5,9,22H2,1H3,(H,24,25);1H/t13-,14-;/m1./s1. The Bertz CT molecular complexity index is 1190. The largest absolute Gasteiger partial charge is 0.352 e. The number of halogens is 3. The molecule has 1 saturated heterocycles. The Kier molecular flexibility index (Phi) is 5.10. The van der Waals surface area contributed by atoms with Crippen LogP contribution in [0, 0.1) is 0 Å². The van der Waals surface area contributed by atoms with Gasteiger partial charge in [0.15, 0.2) is 5.65 Å². The first kappa shape index (κ1) is 19.9. The van der Waals surface area contributed by atoms with E-state index in [1.807, 2.05) is 36.5 Å². The second-order valence-electron chi connectivity index (χ2n) is 7.20. The van der Waals surface area contributed by atoms with Crippen LogP contribution >= 0.6 is 24.0 Å². The predicted octanol–water partition coefficient (Wildman–Crippen LogP) is 3.46. The molecule has 3 N–H and O–H groups in total. The molecule has 4 heterocycles. The first-order chi connectivity index (χ1) is 13.5. The number of alkyl halides is 1. The van der Waals surface area contributed by atoms with Gasteiger partial charge in [-0.2, -0.15) is 5.10 Å². The molecule has 4 aromatic rings. The van der Waals surface area contributed by atoms with Crippen LogP contribution in [0.4, 0.5) is 10.2 Å². The van der Waals surface area contributed by atoms with E-state index in [4.69, 9.17) is 17.3 Å². The van der Waals surface area contributed by atoms with E-state index in [0.29, 0.717) is 29.5 Å². The number of nitrogens with two attached hydrogens (primary N) is 1. The number of hydrogen-bond acceptors (Lipinski definition) is 5. The summed E-state index contributed by atoms with van der Waals surface area (Å²) in [5.74, 6) is 0.643. The average Bonchev–Trinajstić information content (AvgIpc) is 3.27. The van der Waals surface area contributed by atoms with Crippen molar-refractivity contribution in [3.63, 3.8) is 0 Å². The van der Waals surface area contributed by atoms with Gasteiger partial charge in [-0.1, -0.05) is 17.7 Å². The number of piperidine rings is 1. The minimum Gasteiger partial charge on any atom is -0.352 e. The zero-order valence-electron chi connectivity index (χ0n) is 15.6. The summed E-state index contributed by atoms with van der Waals surface area (Å²) in [4.78, 5) is 14.3. The highest BCUT2D eigenvalue weighted by molar-refractivity contribution is 6.38. The van der Waals surface area contributed by atoms with Crippen molar-refractivity contribution in [1.82, 2.24) is 24.7 Å². The number of hydrogen-bond donors (Lipinski definition) is 2. The van der Waals surface area contributed by atoms with E-state index in [1.54, 1.807) is 10.9 Å². The highest BCUT2D eigenvalue weighted by atomic mass is 35.5. The molecule has 10 heteroatoms. The topological polar surface area (TPSA) is 88.7 Å². The lowest BCUT2D eigenvalue weighted by atomic mass is 10.0. The smallest absolute Gasteiger partial charge is 0.159 e. The zero-order valence-corrected chi connectivity index (χ0v) is 17.2. The molecular weight excluding hydrogens is 416 g/mol. The van der Waals surface area contributed by atoms with Crippen LogP contribution in [0.25, 0.3) is 33.2 Å². The lowest BCUT2D eigenvalue weighted by Crippen LogP contribution is -2.48. The van der Waals surface area contributed by atoms with Crippen LogP contribution in [0.5, 0.6) is 0 Å². The normalized spacial score (nSPS) is 19.7. The second kappa shape index (κ2) is 7.44. The summed E-state index contributed by atoms with van der Waals surface area (Å²) in [6.07, 6.45) is 4.96. The van der Waals surface area contributed by atoms with Gasteiger partial charge in [0.1, 0.15) is 17.5 Å².